The number of nitrogens with one attached hydrogen (secondary N) is 1. The van der Waals surface area contributed by atoms with Crippen molar-refractivity contribution in [2.45, 2.75) is 13.0 Å². The Balaban J connectivity index is 3.04. The maximum absolute atomic E-state index is 10.4. The predicted octanol–water partition coefficient (Wildman–Crippen LogP) is 1.51. The molecule has 0 aliphatic carbocycles. The van der Waals surface area contributed by atoms with Gasteiger partial charge in [0.1, 0.15) is 11.5 Å². The summed E-state index contributed by atoms with van der Waals surface area (Å²) >= 11 is 0. The minimum Gasteiger partial charge on any atom is -0.497 e. The van der Waals surface area contributed by atoms with E-state index in [2.05, 4.69) is 5.32 Å². The highest BCUT2D eigenvalue weighted by molar-refractivity contribution is 5.50. The lowest BCUT2D eigenvalue weighted by atomic mass is 10.1. The van der Waals surface area contributed by atoms with Gasteiger partial charge < -0.3 is 14.8 Å². The molecule has 0 unspecified atom stereocenters. The largest absolute Gasteiger partial charge is 0.497 e. The molecular weight excluding hydrogens is 194 g/mol. The van der Waals surface area contributed by atoms with Gasteiger partial charge in [0.05, 0.1) is 20.3 Å². The minimum atomic E-state index is -0.104. The first-order valence-electron chi connectivity index (χ1n) is 4.64. The molecule has 0 aliphatic heterocycles. The van der Waals surface area contributed by atoms with E-state index in [4.69, 9.17) is 9.47 Å². The number of amides is 1. The lowest BCUT2D eigenvalue weighted by Crippen LogP contribution is -2.16. The second-order valence-electron chi connectivity index (χ2n) is 3.11. The molecule has 0 radical (unpaired) electrons. The van der Waals surface area contributed by atoms with Gasteiger partial charge in [-0.3, -0.25) is 4.79 Å². The van der Waals surface area contributed by atoms with Gasteiger partial charge in [0.15, 0.2) is 0 Å². The maximum atomic E-state index is 10.4. The summed E-state index contributed by atoms with van der Waals surface area (Å²) < 4.78 is 10.3. The lowest BCUT2D eigenvalue weighted by Gasteiger charge is -2.15. The molecule has 0 aliphatic rings. The van der Waals surface area contributed by atoms with Gasteiger partial charge in [-0.25, -0.2) is 0 Å². The smallest absolute Gasteiger partial charge is 0.207 e. The summed E-state index contributed by atoms with van der Waals surface area (Å²) in [6.07, 6.45) is 0.670. The molecule has 1 rings (SSSR count). The third-order valence-electron chi connectivity index (χ3n) is 2.22. The van der Waals surface area contributed by atoms with E-state index < -0.39 is 0 Å². The van der Waals surface area contributed by atoms with Gasteiger partial charge in [-0.2, -0.15) is 0 Å². The molecule has 0 bridgehead atoms. The number of ether oxygens (including phenoxy) is 2. The van der Waals surface area contributed by atoms with Crippen molar-refractivity contribution in [2.24, 2.45) is 0 Å². The van der Waals surface area contributed by atoms with Crippen LogP contribution in [0, 0.1) is 0 Å². The fourth-order valence-electron chi connectivity index (χ4n) is 1.37. The third kappa shape index (κ3) is 2.62. The molecule has 15 heavy (non-hydrogen) atoms. The molecule has 0 aromatic heterocycles. The quantitative estimate of drug-likeness (QED) is 0.748. The maximum Gasteiger partial charge on any atom is 0.207 e. The van der Waals surface area contributed by atoms with Crippen molar-refractivity contribution in [1.82, 2.24) is 5.32 Å². The van der Waals surface area contributed by atoms with Crippen molar-refractivity contribution in [3.8, 4) is 11.5 Å². The zero-order valence-electron chi connectivity index (χ0n) is 9.11. The molecule has 1 aromatic carbocycles. The summed E-state index contributed by atoms with van der Waals surface area (Å²) in [4.78, 5) is 10.4. The Morgan fingerprint density at radius 2 is 2.07 bits per heavy atom. The normalized spacial score (nSPS) is 11.7. The molecule has 0 saturated carbocycles. The van der Waals surface area contributed by atoms with Crippen molar-refractivity contribution in [1.29, 1.82) is 0 Å². The van der Waals surface area contributed by atoms with Crippen molar-refractivity contribution in [3.05, 3.63) is 23.8 Å². The molecule has 0 saturated heterocycles. The second-order valence-corrected chi connectivity index (χ2v) is 3.11. The zero-order chi connectivity index (χ0) is 11.3. The van der Waals surface area contributed by atoms with Gasteiger partial charge in [-0.05, 0) is 25.1 Å². The first kappa shape index (κ1) is 11.4. The first-order valence-corrected chi connectivity index (χ1v) is 4.64. The Kier molecular flexibility index (Phi) is 3.97. The van der Waals surface area contributed by atoms with E-state index in [1.165, 1.54) is 0 Å². The fraction of sp³-hybridized carbons (Fsp3) is 0.364. The standard InChI is InChI=1S/C11H15NO3/c1-8(12-7-13)10-6-9(14-2)4-5-11(10)15-3/h4-8H,1-3H3,(H,12,13)/t8-/m0/s1. The molecule has 4 nitrogen and oxygen atoms in total. The van der Waals surface area contributed by atoms with E-state index in [0.717, 1.165) is 17.1 Å². The molecule has 1 aromatic rings. The van der Waals surface area contributed by atoms with Gasteiger partial charge in [0.25, 0.3) is 0 Å². The summed E-state index contributed by atoms with van der Waals surface area (Å²) in [5.74, 6) is 1.47. The number of benzene rings is 1. The van der Waals surface area contributed by atoms with Crippen LogP contribution in [-0.4, -0.2) is 20.6 Å². The van der Waals surface area contributed by atoms with Crippen LogP contribution in [0.1, 0.15) is 18.5 Å². The Bertz CT molecular complexity index is 339. The Morgan fingerprint density at radius 1 is 1.33 bits per heavy atom. The van der Waals surface area contributed by atoms with E-state index in [-0.39, 0.29) is 6.04 Å². The molecule has 0 fully saturated rings. The molecule has 82 valence electrons. The van der Waals surface area contributed by atoms with Crippen LogP contribution < -0.4 is 14.8 Å². The number of carbonyl (C=O) groups is 1. The van der Waals surface area contributed by atoms with Crippen LogP contribution in [0.4, 0.5) is 0 Å². The van der Waals surface area contributed by atoms with Crippen LogP contribution in [0.15, 0.2) is 18.2 Å². The Labute approximate surface area is 89.2 Å². The van der Waals surface area contributed by atoms with E-state index >= 15 is 0 Å². The van der Waals surface area contributed by atoms with Crippen LogP contribution in [-0.2, 0) is 4.79 Å². The lowest BCUT2D eigenvalue weighted by molar-refractivity contribution is -0.110. The summed E-state index contributed by atoms with van der Waals surface area (Å²) in [5.41, 5.74) is 0.893. The SMILES string of the molecule is COc1ccc(OC)c([C@H](C)NC=O)c1. The van der Waals surface area contributed by atoms with Gasteiger partial charge in [0.2, 0.25) is 6.41 Å². The summed E-state index contributed by atoms with van der Waals surface area (Å²) in [6, 6.07) is 5.38. The molecule has 4 heteroatoms. The van der Waals surface area contributed by atoms with Crippen molar-refractivity contribution < 1.29 is 14.3 Å². The van der Waals surface area contributed by atoms with Gasteiger partial charge in [0, 0.05) is 5.56 Å². The van der Waals surface area contributed by atoms with E-state index in [0.29, 0.717) is 6.41 Å². The third-order valence-corrected chi connectivity index (χ3v) is 2.22. The average molecular weight is 209 g/mol. The molecule has 1 N–H and O–H groups in total. The number of hydrogen-bond donors (Lipinski definition) is 1. The van der Waals surface area contributed by atoms with E-state index in [1.807, 2.05) is 25.1 Å². The Morgan fingerprint density at radius 3 is 2.60 bits per heavy atom. The van der Waals surface area contributed by atoms with Crippen molar-refractivity contribution in [3.63, 3.8) is 0 Å². The number of hydrogen-bond acceptors (Lipinski definition) is 3. The highest BCUT2D eigenvalue weighted by Gasteiger charge is 2.11. The predicted molar refractivity (Wildman–Crippen MR) is 57.2 cm³/mol. The monoisotopic (exact) mass is 209 g/mol. The molecule has 1 atom stereocenters. The molecule has 0 heterocycles. The van der Waals surface area contributed by atoms with Gasteiger partial charge >= 0.3 is 0 Å². The van der Waals surface area contributed by atoms with Crippen LogP contribution in [0.3, 0.4) is 0 Å². The van der Waals surface area contributed by atoms with Crippen LogP contribution >= 0.6 is 0 Å². The first-order chi connectivity index (χ1) is 7.22. The Hall–Kier alpha value is -1.71. The van der Waals surface area contributed by atoms with E-state index in [9.17, 15) is 4.79 Å². The average Bonchev–Trinajstić information content (AvgIpc) is 2.28. The van der Waals surface area contributed by atoms with Crippen molar-refractivity contribution in [2.75, 3.05) is 14.2 Å². The topological polar surface area (TPSA) is 47.6 Å². The summed E-state index contributed by atoms with van der Waals surface area (Å²) in [7, 11) is 3.20. The summed E-state index contributed by atoms with van der Waals surface area (Å²) in [6.45, 7) is 1.88. The molecular formula is C11H15NO3. The van der Waals surface area contributed by atoms with Crippen molar-refractivity contribution >= 4 is 6.41 Å². The van der Waals surface area contributed by atoms with Crippen LogP contribution in [0.5, 0.6) is 11.5 Å². The molecule has 1 amide bonds. The van der Waals surface area contributed by atoms with Gasteiger partial charge in [-0.1, -0.05) is 0 Å². The number of carbonyl (C=O) groups excluding carboxylic acids is 1. The second kappa shape index (κ2) is 5.24. The summed E-state index contributed by atoms with van der Waals surface area (Å²) in [5, 5.41) is 2.67. The highest BCUT2D eigenvalue weighted by Crippen LogP contribution is 2.28. The fourth-order valence-corrected chi connectivity index (χ4v) is 1.37. The van der Waals surface area contributed by atoms with Crippen LogP contribution in [0.2, 0.25) is 0 Å². The zero-order valence-corrected chi connectivity index (χ0v) is 9.11. The minimum absolute atomic E-state index is 0.104. The van der Waals surface area contributed by atoms with E-state index in [1.54, 1.807) is 14.2 Å². The van der Waals surface area contributed by atoms with Gasteiger partial charge in [-0.15, -0.1) is 0 Å². The highest BCUT2D eigenvalue weighted by atomic mass is 16.5. The molecule has 0 spiro atoms. The number of rotatable bonds is 5. The van der Waals surface area contributed by atoms with Crippen LogP contribution in [0.25, 0.3) is 0 Å². The number of methoxy groups -OCH3 is 2.